The van der Waals surface area contributed by atoms with Gasteiger partial charge in [-0.2, -0.15) is 11.8 Å². The highest BCUT2D eigenvalue weighted by Crippen LogP contribution is 2.39. The third kappa shape index (κ3) is 5.50. The molecule has 1 rings (SSSR count). The van der Waals surface area contributed by atoms with Crippen molar-refractivity contribution in [2.45, 2.75) is 39.5 Å². The van der Waals surface area contributed by atoms with Crippen molar-refractivity contribution in [3.05, 3.63) is 0 Å². The van der Waals surface area contributed by atoms with E-state index in [9.17, 15) is 0 Å². The molecule has 0 radical (unpaired) electrons. The molecule has 0 aromatic rings. The second kappa shape index (κ2) is 8.44. The number of hydrogen-bond acceptors (Lipinski definition) is 3. The number of nitrogens with one attached hydrogen (secondary N) is 1. The van der Waals surface area contributed by atoms with Gasteiger partial charge in [0.2, 0.25) is 0 Å². The van der Waals surface area contributed by atoms with Gasteiger partial charge < -0.3 is 10.2 Å². The van der Waals surface area contributed by atoms with Crippen LogP contribution in [0.5, 0.6) is 0 Å². The molecule has 0 bridgehead atoms. The number of rotatable bonds is 8. The zero-order chi connectivity index (χ0) is 13.4. The van der Waals surface area contributed by atoms with Gasteiger partial charge in [0, 0.05) is 25.4 Å². The summed E-state index contributed by atoms with van der Waals surface area (Å²) in [6.45, 7) is 9.44. The maximum atomic E-state index is 3.60. The van der Waals surface area contributed by atoms with Crippen molar-refractivity contribution in [3.63, 3.8) is 0 Å². The Hall–Kier alpha value is 0.270. The second-order valence-electron chi connectivity index (χ2n) is 6.19. The van der Waals surface area contributed by atoms with Crippen LogP contribution in [0.3, 0.4) is 0 Å². The highest BCUT2D eigenvalue weighted by atomic mass is 32.2. The van der Waals surface area contributed by atoms with E-state index in [0.717, 1.165) is 12.5 Å². The maximum Gasteiger partial charge on any atom is 0.00694 e. The van der Waals surface area contributed by atoms with Crippen molar-refractivity contribution in [1.82, 2.24) is 10.2 Å². The first kappa shape index (κ1) is 16.3. The van der Waals surface area contributed by atoms with E-state index in [-0.39, 0.29) is 0 Å². The van der Waals surface area contributed by atoms with Crippen LogP contribution < -0.4 is 5.32 Å². The Kier molecular flexibility index (Phi) is 7.66. The quantitative estimate of drug-likeness (QED) is 0.731. The summed E-state index contributed by atoms with van der Waals surface area (Å²) in [6.07, 6.45) is 7.85. The van der Waals surface area contributed by atoms with Gasteiger partial charge in [0.1, 0.15) is 0 Å². The Bertz CT molecular complexity index is 207. The van der Waals surface area contributed by atoms with Crippen LogP contribution in [0.25, 0.3) is 0 Å². The molecule has 1 N–H and O–H groups in total. The van der Waals surface area contributed by atoms with Crippen LogP contribution in [-0.4, -0.2) is 50.1 Å². The van der Waals surface area contributed by atoms with E-state index in [0.29, 0.717) is 5.41 Å². The van der Waals surface area contributed by atoms with Gasteiger partial charge >= 0.3 is 0 Å². The van der Waals surface area contributed by atoms with Crippen molar-refractivity contribution in [3.8, 4) is 0 Å². The van der Waals surface area contributed by atoms with Gasteiger partial charge in [0.05, 0.1) is 0 Å². The molecular formula is C15H32N2S. The zero-order valence-corrected chi connectivity index (χ0v) is 13.6. The lowest BCUT2D eigenvalue weighted by Crippen LogP contribution is -2.45. The minimum Gasteiger partial charge on any atom is -0.316 e. The number of nitrogens with zero attached hydrogens (tertiary/aromatic N) is 1. The van der Waals surface area contributed by atoms with Crippen LogP contribution in [0.15, 0.2) is 0 Å². The summed E-state index contributed by atoms with van der Waals surface area (Å²) in [5.74, 6) is 2.20. The van der Waals surface area contributed by atoms with Gasteiger partial charge in [-0.1, -0.05) is 26.7 Å². The van der Waals surface area contributed by atoms with Crippen molar-refractivity contribution in [1.29, 1.82) is 0 Å². The highest BCUT2D eigenvalue weighted by Gasteiger charge is 2.34. The van der Waals surface area contributed by atoms with E-state index >= 15 is 0 Å². The van der Waals surface area contributed by atoms with Crippen LogP contribution in [0, 0.1) is 11.3 Å². The summed E-state index contributed by atoms with van der Waals surface area (Å²) in [7, 11) is 2.29. The predicted molar refractivity (Wildman–Crippen MR) is 84.5 cm³/mol. The minimum atomic E-state index is 0.537. The molecule has 0 amide bonds. The molecule has 0 aromatic heterocycles. The smallest absolute Gasteiger partial charge is 0.00694 e. The summed E-state index contributed by atoms with van der Waals surface area (Å²) in [6, 6.07) is 0. The molecule has 0 saturated heterocycles. The summed E-state index contributed by atoms with van der Waals surface area (Å²) in [4.78, 5) is 2.55. The van der Waals surface area contributed by atoms with Crippen molar-refractivity contribution in [2.24, 2.45) is 11.3 Å². The largest absolute Gasteiger partial charge is 0.316 e. The van der Waals surface area contributed by atoms with Crippen LogP contribution in [0.2, 0.25) is 0 Å². The van der Waals surface area contributed by atoms with Crippen LogP contribution in [0.4, 0.5) is 0 Å². The van der Waals surface area contributed by atoms with E-state index in [4.69, 9.17) is 0 Å². The molecule has 0 atom stereocenters. The van der Waals surface area contributed by atoms with Crippen LogP contribution >= 0.6 is 11.8 Å². The van der Waals surface area contributed by atoms with Gasteiger partial charge in [-0.25, -0.2) is 0 Å². The normalized spacial score (nSPS) is 28.8. The fourth-order valence-corrected chi connectivity index (χ4v) is 3.55. The molecule has 0 aliphatic heterocycles. The lowest BCUT2D eigenvalue weighted by Gasteiger charge is -2.42. The number of hydrogen-bond donors (Lipinski definition) is 1. The Labute approximate surface area is 118 Å². The Balaban J connectivity index is 2.49. The average Bonchev–Trinajstić information content (AvgIpc) is 2.37. The monoisotopic (exact) mass is 272 g/mol. The summed E-state index contributed by atoms with van der Waals surface area (Å²) in [5.41, 5.74) is 0.537. The summed E-state index contributed by atoms with van der Waals surface area (Å²) < 4.78 is 0. The van der Waals surface area contributed by atoms with E-state index in [2.05, 4.69) is 37.4 Å². The molecule has 0 aromatic carbocycles. The van der Waals surface area contributed by atoms with Gasteiger partial charge in [-0.15, -0.1) is 0 Å². The molecule has 108 valence electrons. The Morgan fingerprint density at radius 2 is 2.00 bits per heavy atom. The van der Waals surface area contributed by atoms with Crippen molar-refractivity contribution < 1.29 is 0 Å². The molecule has 0 spiro atoms. The van der Waals surface area contributed by atoms with Crippen molar-refractivity contribution >= 4 is 11.8 Å². The molecular weight excluding hydrogens is 240 g/mol. The molecule has 3 heteroatoms. The minimum absolute atomic E-state index is 0.537. The zero-order valence-electron chi connectivity index (χ0n) is 12.8. The highest BCUT2D eigenvalue weighted by molar-refractivity contribution is 7.98. The fourth-order valence-electron chi connectivity index (χ4n) is 3.05. The number of thioether (sulfide) groups is 1. The fraction of sp³-hybridized carbons (Fsp3) is 1.00. The van der Waals surface area contributed by atoms with E-state index < -0.39 is 0 Å². The van der Waals surface area contributed by atoms with E-state index in [1.165, 1.54) is 51.1 Å². The van der Waals surface area contributed by atoms with Gasteiger partial charge in [0.25, 0.3) is 0 Å². The van der Waals surface area contributed by atoms with E-state index in [1.807, 2.05) is 11.8 Å². The van der Waals surface area contributed by atoms with Gasteiger partial charge in [-0.05, 0) is 44.0 Å². The van der Waals surface area contributed by atoms with Crippen LogP contribution in [0.1, 0.15) is 39.5 Å². The van der Waals surface area contributed by atoms with Crippen molar-refractivity contribution in [2.75, 3.05) is 45.2 Å². The van der Waals surface area contributed by atoms with Gasteiger partial charge in [0.15, 0.2) is 0 Å². The molecule has 2 nitrogen and oxygen atoms in total. The SMILES string of the molecule is CCNCC1(CN(C)CCSC)CCC(C)CC1. The molecule has 1 saturated carbocycles. The van der Waals surface area contributed by atoms with E-state index in [1.54, 1.807) is 0 Å². The summed E-state index contributed by atoms with van der Waals surface area (Å²) >= 11 is 1.95. The third-order valence-electron chi connectivity index (χ3n) is 4.37. The first-order valence-corrected chi connectivity index (χ1v) is 8.89. The second-order valence-corrected chi connectivity index (χ2v) is 7.18. The first-order valence-electron chi connectivity index (χ1n) is 7.50. The lowest BCUT2D eigenvalue weighted by molar-refractivity contribution is 0.102. The Morgan fingerprint density at radius 3 is 2.56 bits per heavy atom. The molecule has 0 unspecified atom stereocenters. The standard InChI is InChI=1S/C15H32N2S/c1-5-16-12-15(8-6-14(2)7-9-15)13-17(3)10-11-18-4/h14,16H,5-13H2,1-4H3. The van der Waals surface area contributed by atoms with Gasteiger partial charge in [-0.3, -0.25) is 0 Å². The summed E-state index contributed by atoms with van der Waals surface area (Å²) in [5, 5.41) is 3.60. The first-order chi connectivity index (χ1) is 8.62. The molecule has 1 aliphatic carbocycles. The van der Waals surface area contributed by atoms with Crippen LogP contribution in [-0.2, 0) is 0 Å². The Morgan fingerprint density at radius 1 is 1.33 bits per heavy atom. The maximum absolute atomic E-state index is 3.60. The topological polar surface area (TPSA) is 15.3 Å². The third-order valence-corrected chi connectivity index (χ3v) is 4.96. The average molecular weight is 273 g/mol. The molecule has 18 heavy (non-hydrogen) atoms. The lowest BCUT2D eigenvalue weighted by atomic mass is 9.70. The molecule has 1 aliphatic rings. The molecule has 1 fully saturated rings. The predicted octanol–water partition coefficient (Wildman–Crippen LogP) is 3.09. The molecule has 0 heterocycles.